The molecule has 1 heterocycles. The molecule has 1 aliphatic rings. The van der Waals surface area contributed by atoms with Crippen LogP contribution in [0.2, 0.25) is 0 Å². The molecule has 0 bridgehead atoms. The third-order valence-corrected chi connectivity index (χ3v) is 4.60. The van der Waals surface area contributed by atoms with Crippen molar-refractivity contribution < 1.29 is 5.11 Å². The van der Waals surface area contributed by atoms with Crippen LogP contribution in [0.15, 0.2) is 30.3 Å². The number of β-amino-alcohol motifs (C(OH)–C–C–N with tert-alkyl or cyclic N) is 1. The lowest BCUT2D eigenvalue weighted by atomic mass is 9.91. The number of aliphatic hydroxyl groups is 1. The van der Waals surface area contributed by atoms with E-state index in [1.165, 1.54) is 19.3 Å². The molecule has 0 spiro atoms. The van der Waals surface area contributed by atoms with Crippen molar-refractivity contribution >= 4 is 0 Å². The van der Waals surface area contributed by atoms with Crippen molar-refractivity contribution in [1.82, 2.24) is 10.2 Å². The summed E-state index contributed by atoms with van der Waals surface area (Å²) in [7, 11) is 2.02. The minimum atomic E-state index is -0.787. The molecule has 1 aromatic carbocycles. The Hall–Kier alpha value is -0.900. The molecule has 0 radical (unpaired) electrons. The van der Waals surface area contributed by atoms with E-state index < -0.39 is 5.60 Å². The Balaban J connectivity index is 2.10. The number of likely N-dealkylation sites (tertiary alicyclic amines) is 1. The van der Waals surface area contributed by atoms with E-state index in [1.54, 1.807) is 0 Å². The number of piperidine rings is 1. The van der Waals surface area contributed by atoms with Gasteiger partial charge in [-0.25, -0.2) is 0 Å². The molecule has 1 saturated heterocycles. The maximum atomic E-state index is 10.8. The van der Waals surface area contributed by atoms with Gasteiger partial charge in [0, 0.05) is 18.6 Å². The summed E-state index contributed by atoms with van der Waals surface area (Å²) in [5.74, 6) is 0. The van der Waals surface area contributed by atoms with Crippen LogP contribution in [0, 0.1) is 0 Å². The molecule has 3 nitrogen and oxygen atoms in total. The molecule has 0 amide bonds. The summed E-state index contributed by atoms with van der Waals surface area (Å²) >= 11 is 0. The Morgan fingerprint density at radius 1 is 1.35 bits per heavy atom. The fourth-order valence-corrected chi connectivity index (χ4v) is 3.26. The lowest BCUT2D eigenvalue weighted by molar-refractivity contribution is -0.0127. The first kappa shape index (κ1) is 15.5. The van der Waals surface area contributed by atoms with Crippen LogP contribution in [0.25, 0.3) is 0 Å². The second-order valence-corrected chi connectivity index (χ2v) is 6.25. The standard InChI is InChI=1S/C17H28N2O/c1-14(18-3)16-11-7-8-12-19(16)13-17(2,20)15-9-5-4-6-10-15/h4-6,9-10,14,16,18,20H,7-8,11-13H2,1-3H3. The number of likely N-dealkylation sites (N-methyl/N-ethyl adjacent to an activating group) is 1. The first-order chi connectivity index (χ1) is 9.54. The van der Waals surface area contributed by atoms with Gasteiger partial charge in [0.1, 0.15) is 0 Å². The SMILES string of the molecule is CNC(C)C1CCCCN1CC(C)(O)c1ccccc1. The summed E-state index contributed by atoms with van der Waals surface area (Å²) < 4.78 is 0. The predicted octanol–water partition coefficient (Wildman–Crippen LogP) is 2.36. The van der Waals surface area contributed by atoms with Gasteiger partial charge in [0.25, 0.3) is 0 Å². The van der Waals surface area contributed by atoms with E-state index in [0.29, 0.717) is 18.6 Å². The Morgan fingerprint density at radius 2 is 2.05 bits per heavy atom. The fourth-order valence-electron chi connectivity index (χ4n) is 3.26. The van der Waals surface area contributed by atoms with Gasteiger partial charge in [0.15, 0.2) is 0 Å². The fraction of sp³-hybridized carbons (Fsp3) is 0.647. The average Bonchev–Trinajstić information content (AvgIpc) is 2.47. The predicted molar refractivity (Wildman–Crippen MR) is 83.7 cm³/mol. The maximum Gasteiger partial charge on any atom is 0.0994 e. The minimum Gasteiger partial charge on any atom is -0.384 e. The summed E-state index contributed by atoms with van der Waals surface area (Å²) in [5.41, 5.74) is 0.214. The van der Waals surface area contributed by atoms with E-state index in [1.807, 2.05) is 44.3 Å². The van der Waals surface area contributed by atoms with E-state index in [9.17, 15) is 5.11 Å². The molecule has 2 rings (SSSR count). The van der Waals surface area contributed by atoms with Crippen LogP contribution >= 0.6 is 0 Å². The molecule has 0 saturated carbocycles. The number of hydrogen-bond donors (Lipinski definition) is 2. The molecule has 2 N–H and O–H groups in total. The largest absolute Gasteiger partial charge is 0.384 e. The molecule has 3 atom stereocenters. The van der Waals surface area contributed by atoms with Crippen molar-refractivity contribution in [2.45, 2.75) is 50.8 Å². The van der Waals surface area contributed by atoms with E-state index in [-0.39, 0.29) is 0 Å². The summed E-state index contributed by atoms with van der Waals surface area (Å²) in [4.78, 5) is 2.46. The highest BCUT2D eigenvalue weighted by molar-refractivity contribution is 5.22. The van der Waals surface area contributed by atoms with Gasteiger partial charge in [-0.15, -0.1) is 0 Å². The molecule has 1 aromatic rings. The highest BCUT2D eigenvalue weighted by atomic mass is 16.3. The van der Waals surface area contributed by atoms with Gasteiger partial charge in [0.2, 0.25) is 0 Å². The van der Waals surface area contributed by atoms with Crippen molar-refractivity contribution in [1.29, 1.82) is 0 Å². The molecular weight excluding hydrogens is 248 g/mol. The molecule has 1 aliphatic heterocycles. The highest BCUT2D eigenvalue weighted by Crippen LogP contribution is 2.27. The summed E-state index contributed by atoms with van der Waals surface area (Å²) in [6.07, 6.45) is 3.74. The normalized spacial score (nSPS) is 25.1. The van der Waals surface area contributed by atoms with E-state index in [0.717, 1.165) is 12.1 Å². The van der Waals surface area contributed by atoms with Crippen LogP contribution in [0.5, 0.6) is 0 Å². The van der Waals surface area contributed by atoms with Crippen LogP contribution in [0.4, 0.5) is 0 Å². The summed E-state index contributed by atoms with van der Waals surface area (Å²) in [5, 5.41) is 14.2. The third-order valence-electron chi connectivity index (χ3n) is 4.60. The first-order valence-corrected chi connectivity index (χ1v) is 7.74. The minimum absolute atomic E-state index is 0.460. The van der Waals surface area contributed by atoms with Gasteiger partial charge in [0.05, 0.1) is 5.60 Å². The molecule has 20 heavy (non-hydrogen) atoms. The molecule has 1 fully saturated rings. The third kappa shape index (κ3) is 3.60. The monoisotopic (exact) mass is 276 g/mol. The maximum absolute atomic E-state index is 10.8. The van der Waals surface area contributed by atoms with Crippen LogP contribution in [0.3, 0.4) is 0 Å². The van der Waals surface area contributed by atoms with Crippen molar-refractivity contribution in [3.05, 3.63) is 35.9 Å². The van der Waals surface area contributed by atoms with Gasteiger partial charge in [-0.2, -0.15) is 0 Å². The zero-order valence-electron chi connectivity index (χ0n) is 13.0. The Morgan fingerprint density at radius 3 is 2.70 bits per heavy atom. The van der Waals surface area contributed by atoms with Crippen LogP contribution in [0.1, 0.15) is 38.7 Å². The number of benzene rings is 1. The lowest BCUT2D eigenvalue weighted by Crippen LogP contribution is -2.53. The highest BCUT2D eigenvalue weighted by Gasteiger charge is 2.33. The first-order valence-electron chi connectivity index (χ1n) is 7.74. The van der Waals surface area contributed by atoms with Gasteiger partial charge in [-0.1, -0.05) is 36.8 Å². The molecule has 3 heteroatoms. The zero-order valence-corrected chi connectivity index (χ0v) is 13.0. The van der Waals surface area contributed by atoms with Gasteiger partial charge in [-0.3, -0.25) is 4.90 Å². The Labute approximate surface area is 123 Å². The van der Waals surface area contributed by atoms with E-state index in [4.69, 9.17) is 0 Å². The quantitative estimate of drug-likeness (QED) is 0.866. The second kappa shape index (κ2) is 6.70. The molecule has 3 unspecified atom stereocenters. The number of nitrogens with one attached hydrogen (secondary N) is 1. The van der Waals surface area contributed by atoms with E-state index >= 15 is 0 Å². The van der Waals surface area contributed by atoms with Gasteiger partial charge >= 0.3 is 0 Å². The van der Waals surface area contributed by atoms with Crippen LogP contribution in [-0.2, 0) is 5.60 Å². The molecule has 112 valence electrons. The number of nitrogens with zero attached hydrogens (tertiary/aromatic N) is 1. The van der Waals surface area contributed by atoms with Crippen LogP contribution < -0.4 is 5.32 Å². The van der Waals surface area contributed by atoms with Crippen molar-refractivity contribution in [2.24, 2.45) is 0 Å². The summed E-state index contributed by atoms with van der Waals surface area (Å²) in [6.45, 7) is 5.95. The van der Waals surface area contributed by atoms with Gasteiger partial charge < -0.3 is 10.4 Å². The molecule has 0 aromatic heterocycles. The topological polar surface area (TPSA) is 35.5 Å². The Kier molecular flexibility index (Phi) is 5.19. The zero-order chi connectivity index (χ0) is 14.6. The Bertz CT molecular complexity index is 405. The molecular formula is C17H28N2O. The summed E-state index contributed by atoms with van der Waals surface area (Å²) in [6, 6.07) is 11.0. The van der Waals surface area contributed by atoms with Crippen molar-refractivity contribution in [3.63, 3.8) is 0 Å². The van der Waals surface area contributed by atoms with Crippen molar-refractivity contribution in [3.8, 4) is 0 Å². The molecule has 0 aliphatic carbocycles. The van der Waals surface area contributed by atoms with E-state index in [2.05, 4.69) is 17.1 Å². The smallest absolute Gasteiger partial charge is 0.0994 e. The number of rotatable bonds is 5. The average molecular weight is 276 g/mol. The lowest BCUT2D eigenvalue weighted by Gasteiger charge is -2.42. The van der Waals surface area contributed by atoms with Crippen molar-refractivity contribution in [2.75, 3.05) is 20.1 Å². The number of hydrogen-bond acceptors (Lipinski definition) is 3. The van der Waals surface area contributed by atoms with Gasteiger partial charge in [-0.05, 0) is 45.8 Å². The second-order valence-electron chi connectivity index (χ2n) is 6.25. The van der Waals surface area contributed by atoms with Crippen LogP contribution in [-0.4, -0.2) is 42.2 Å².